The van der Waals surface area contributed by atoms with Gasteiger partial charge in [0, 0.05) is 25.7 Å². The highest BCUT2D eigenvalue weighted by molar-refractivity contribution is 5.68. The Labute approximate surface area is 107 Å². The van der Waals surface area contributed by atoms with Gasteiger partial charge in [-0.05, 0) is 31.5 Å². The molecule has 0 saturated carbocycles. The number of hydrogen-bond acceptors (Lipinski definition) is 3. The van der Waals surface area contributed by atoms with E-state index in [1.54, 1.807) is 12.1 Å². The lowest BCUT2D eigenvalue weighted by atomic mass is 9.99. The zero-order valence-corrected chi connectivity index (χ0v) is 10.6. The summed E-state index contributed by atoms with van der Waals surface area (Å²) in [5.74, 6) is -0.195. The second-order valence-electron chi connectivity index (χ2n) is 5.31. The van der Waals surface area contributed by atoms with Gasteiger partial charge in [-0.3, -0.25) is 4.90 Å². The number of piperidine rings is 1. The summed E-state index contributed by atoms with van der Waals surface area (Å²) in [7, 11) is 0. The molecule has 2 N–H and O–H groups in total. The molecule has 2 aliphatic heterocycles. The summed E-state index contributed by atoms with van der Waals surface area (Å²) in [5.41, 5.74) is 7.08. The molecule has 2 fully saturated rings. The number of hydrogen-bond donors (Lipinski definition) is 1. The Hall–Kier alpha value is -1.29. The fourth-order valence-corrected chi connectivity index (χ4v) is 3.22. The third-order valence-electron chi connectivity index (χ3n) is 4.17. The first-order chi connectivity index (χ1) is 8.75. The first kappa shape index (κ1) is 11.8. The average molecular weight is 249 g/mol. The number of nitrogens with zero attached hydrogens (tertiary/aromatic N) is 2. The molecule has 0 aromatic heterocycles. The van der Waals surface area contributed by atoms with E-state index in [-0.39, 0.29) is 5.82 Å². The van der Waals surface area contributed by atoms with Crippen molar-refractivity contribution in [2.24, 2.45) is 0 Å². The van der Waals surface area contributed by atoms with Crippen LogP contribution in [0.4, 0.5) is 15.8 Å². The van der Waals surface area contributed by atoms with E-state index >= 15 is 0 Å². The predicted octanol–water partition coefficient (Wildman–Crippen LogP) is 2.08. The fraction of sp³-hybridized carbons (Fsp3) is 0.571. The van der Waals surface area contributed by atoms with Gasteiger partial charge in [-0.1, -0.05) is 12.5 Å². The van der Waals surface area contributed by atoms with E-state index in [1.165, 1.54) is 31.9 Å². The van der Waals surface area contributed by atoms with Crippen molar-refractivity contribution in [3.8, 4) is 0 Å². The van der Waals surface area contributed by atoms with Crippen molar-refractivity contribution in [3.05, 3.63) is 24.0 Å². The number of para-hydroxylation sites is 1. The highest BCUT2D eigenvalue weighted by Crippen LogP contribution is 2.30. The molecule has 18 heavy (non-hydrogen) atoms. The molecule has 2 heterocycles. The number of nitrogens with two attached hydrogens (primary N) is 1. The summed E-state index contributed by atoms with van der Waals surface area (Å²) >= 11 is 0. The van der Waals surface area contributed by atoms with Crippen molar-refractivity contribution in [3.63, 3.8) is 0 Å². The molecule has 0 spiro atoms. The van der Waals surface area contributed by atoms with Crippen molar-refractivity contribution in [2.75, 3.05) is 36.8 Å². The van der Waals surface area contributed by atoms with Crippen LogP contribution in [0, 0.1) is 5.82 Å². The van der Waals surface area contributed by atoms with E-state index in [2.05, 4.69) is 9.80 Å². The number of halogens is 1. The molecule has 98 valence electrons. The maximum atomic E-state index is 13.9. The minimum atomic E-state index is -0.195. The number of fused-ring (bicyclic) bond motifs is 1. The van der Waals surface area contributed by atoms with Crippen molar-refractivity contribution >= 4 is 11.4 Å². The van der Waals surface area contributed by atoms with Gasteiger partial charge in [-0.2, -0.15) is 0 Å². The second kappa shape index (κ2) is 4.76. The molecule has 1 unspecified atom stereocenters. The van der Waals surface area contributed by atoms with Gasteiger partial charge >= 0.3 is 0 Å². The molecule has 0 radical (unpaired) electrons. The zero-order chi connectivity index (χ0) is 12.5. The SMILES string of the molecule is Nc1cccc(F)c1N1CCN2CCCCC2C1. The predicted molar refractivity (Wildman–Crippen MR) is 72.2 cm³/mol. The van der Waals surface area contributed by atoms with Gasteiger partial charge in [-0.15, -0.1) is 0 Å². The van der Waals surface area contributed by atoms with Crippen LogP contribution in [0.3, 0.4) is 0 Å². The van der Waals surface area contributed by atoms with E-state index < -0.39 is 0 Å². The van der Waals surface area contributed by atoms with E-state index in [0.29, 0.717) is 17.4 Å². The van der Waals surface area contributed by atoms with Crippen LogP contribution < -0.4 is 10.6 Å². The van der Waals surface area contributed by atoms with Gasteiger partial charge in [0.2, 0.25) is 0 Å². The fourth-order valence-electron chi connectivity index (χ4n) is 3.22. The summed E-state index contributed by atoms with van der Waals surface area (Å²) in [6.07, 6.45) is 3.82. The van der Waals surface area contributed by atoms with E-state index in [1.807, 2.05) is 0 Å². The molecule has 3 nitrogen and oxygen atoms in total. The Morgan fingerprint density at radius 1 is 1.17 bits per heavy atom. The third-order valence-corrected chi connectivity index (χ3v) is 4.17. The smallest absolute Gasteiger partial charge is 0.148 e. The highest BCUT2D eigenvalue weighted by atomic mass is 19.1. The zero-order valence-electron chi connectivity index (χ0n) is 10.6. The van der Waals surface area contributed by atoms with Crippen molar-refractivity contribution in [2.45, 2.75) is 25.3 Å². The maximum absolute atomic E-state index is 13.9. The number of benzene rings is 1. The normalized spacial score (nSPS) is 24.9. The monoisotopic (exact) mass is 249 g/mol. The Balaban J connectivity index is 1.81. The number of nitrogen functional groups attached to an aromatic ring is 1. The van der Waals surface area contributed by atoms with E-state index in [9.17, 15) is 4.39 Å². The summed E-state index contributed by atoms with van der Waals surface area (Å²) < 4.78 is 13.9. The van der Waals surface area contributed by atoms with Gasteiger partial charge in [0.05, 0.1) is 11.4 Å². The van der Waals surface area contributed by atoms with Crippen LogP contribution in [-0.2, 0) is 0 Å². The average Bonchev–Trinajstić information content (AvgIpc) is 2.38. The number of piperazine rings is 1. The lowest BCUT2D eigenvalue weighted by Crippen LogP contribution is -2.55. The van der Waals surface area contributed by atoms with Gasteiger partial charge in [0.1, 0.15) is 5.82 Å². The molecule has 2 aliphatic rings. The quantitative estimate of drug-likeness (QED) is 0.773. The minimum absolute atomic E-state index is 0.195. The summed E-state index contributed by atoms with van der Waals surface area (Å²) in [4.78, 5) is 4.66. The standard InChI is InChI=1S/C14H20FN3/c15-12-5-3-6-13(16)14(12)18-9-8-17-7-2-1-4-11(17)10-18/h3,5-6,11H,1-2,4,7-10,16H2. The Morgan fingerprint density at radius 2 is 2.06 bits per heavy atom. The summed E-state index contributed by atoms with van der Waals surface area (Å²) in [6, 6.07) is 5.53. The first-order valence-corrected chi connectivity index (χ1v) is 6.78. The van der Waals surface area contributed by atoms with Crippen molar-refractivity contribution in [1.82, 2.24) is 4.90 Å². The topological polar surface area (TPSA) is 32.5 Å². The first-order valence-electron chi connectivity index (χ1n) is 6.78. The van der Waals surface area contributed by atoms with E-state index in [4.69, 9.17) is 5.73 Å². The number of anilines is 2. The molecule has 3 rings (SSSR count). The molecule has 4 heteroatoms. The minimum Gasteiger partial charge on any atom is -0.397 e. The molecule has 0 aliphatic carbocycles. The Bertz CT molecular complexity index is 415. The Kier molecular flexibility index (Phi) is 3.12. The Morgan fingerprint density at radius 3 is 2.89 bits per heavy atom. The third kappa shape index (κ3) is 2.05. The maximum Gasteiger partial charge on any atom is 0.148 e. The molecule has 1 aromatic rings. The highest BCUT2D eigenvalue weighted by Gasteiger charge is 2.30. The van der Waals surface area contributed by atoms with Gasteiger partial charge in [-0.25, -0.2) is 4.39 Å². The largest absolute Gasteiger partial charge is 0.397 e. The van der Waals surface area contributed by atoms with Crippen LogP contribution in [0.5, 0.6) is 0 Å². The van der Waals surface area contributed by atoms with Crippen LogP contribution in [0.2, 0.25) is 0 Å². The van der Waals surface area contributed by atoms with Crippen molar-refractivity contribution < 1.29 is 4.39 Å². The van der Waals surface area contributed by atoms with Crippen LogP contribution in [0.25, 0.3) is 0 Å². The van der Waals surface area contributed by atoms with Gasteiger partial charge in [0.25, 0.3) is 0 Å². The van der Waals surface area contributed by atoms with Gasteiger partial charge < -0.3 is 10.6 Å². The lowest BCUT2D eigenvalue weighted by Gasteiger charge is -2.45. The van der Waals surface area contributed by atoms with Crippen LogP contribution in [0.15, 0.2) is 18.2 Å². The summed E-state index contributed by atoms with van der Waals surface area (Å²) in [6.45, 7) is 4.01. The van der Waals surface area contributed by atoms with Crippen LogP contribution in [-0.4, -0.2) is 37.1 Å². The molecule has 0 amide bonds. The van der Waals surface area contributed by atoms with Crippen molar-refractivity contribution in [1.29, 1.82) is 0 Å². The molecular weight excluding hydrogens is 229 g/mol. The van der Waals surface area contributed by atoms with Gasteiger partial charge in [0.15, 0.2) is 0 Å². The molecular formula is C14H20FN3. The molecule has 0 bridgehead atoms. The van der Waals surface area contributed by atoms with Crippen LogP contribution >= 0.6 is 0 Å². The summed E-state index contributed by atoms with van der Waals surface area (Å²) in [5, 5.41) is 0. The molecule has 2 saturated heterocycles. The van der Waals surface area contributed by atoms with Crippen LogP contribution in [0.1, 0.15) is 19.3 Å². The van der Waals surface area contributed by atoms with E-state index in [0.717, 1.165) is 19.6 Å². The molecule has 1 aromatic carbocycles. The number of rotatable bonds is 1. The second-order valence-corrected chi connectivity index (χ2v) is 5.31. The lowest BCUT2D eigenvalue weighted by molar-refractivity contribution is 0.133. The molecule has 1 atom stereocenters.